The first-order valence-electron chi connectivity index (χ1n) is 10.8. The summed E-state index contributed by atoms with van der Waals surface area (Å²) in [6.45, 7) is 6.65. The van der Waals surface area contributed by atoms with E-state index in [1.807, 2.05) is 18.2 Å². The minimum atomic E-state index is 0.0402. The Balaban J connectivity index is 1.53. The van der Waals surface area contributed by atoms with Crippen molar-refractivity contribution in [1.82, 2.24) is 9.80 Å². The monoisotopic (exact) mass is 407 g/mol. The van der Waals surface area contributed by atoms with Crippen LogP contribution in [0.1, 0.15) is 0 Å². The summed E-state index contributed by atoms with van der Waals surface area (Å²) < 4.78 is 11.3. The minimum Gasteiger partial charge on any atom is -0.379 e. The van der Waals surface area contributed by atoms with E-state index in [1.54, 1.807) is 0 Å². The van der Waals surface area contributed by atoms with Crippen LogP contribution in [0.5, 0.6) is 0 Å². The van der Waals surface area contributed by atoms with E-state index in [-0.39, 0.29) is 12.3 Å². The molecule has 2 aromatic rings. The third-order valence-electron chi connectivity index (χ3n) is 5.92. The zero-order valence-electron chi connectivity index (χ0n) is 17.2. The Kier molecular flexibility index (Phi) is 5.94. The molecule has 3 heterocycles. The Morgan fingerprint density at radius 1 is 0.733 bits per heavy atom. The molecule has 0 saturated carbocycles. The Morgan fingerprint density at radius 3 is 1.93 bits per heavy atom. The van der Waals surface area contributed by atoms with Gasteiger partial charge in [-0.15, -0.1) is 0 Å². The summed E-state index contributed by atoms with van der Waals surface area (Å²) in [5.74, 6) is 0.889. The van der Waals surface area contributed by atoms with Crippen LogP contribution < -0.4 is 10.2 Å². The van der Waals surface area contributed by atoms with Gasteiger partial charge < -0.3 is 14.8 Å². The Morgan fingerprint density at radius 2 is 1.30 bits per heavy atom. The molecule has 158 valence electrons. The molecule has 0 aliphatic carbocycles. The topological polar surface area (TPSA) is 52.6 Å². The van der Waals surface area contributed by atoms with E-state index in [1.165, 1.54) is 0 Å². The summed E-state index contributed by atoms with van der Waals surface area (Å²) in [6.07, 6.45) is 0.152. The van der Waals surface area contributed by atoms with Crippen molar-refractivity contribution in [2.45, 2.75) is 12.3 Å². The van der Waals surface area contributed by atoms with Gasteiger partial charge in [0.1, 0.15) is 12.3 Å². The molecule has 1 N–H and O–H groups in total. The highest BCUT2D eigenvalue weighted by atomic mass is 16.5. The average molecular weight is 408 g/mol. The largest absolute Gasteiger partial charge is 0.379 e. The number of para-hydroxylation sites is 2. The molecular formula is C23H29N5O2. The molecule has 7 nitrogen and oxygen atoms in total. The second-order valence-electron chi connectivity index (χ2n) is 7.77. The zero-order chi connectivity index (χ0) is 20.2. The molecule has 30 heavy (non-hydrogen) atoms. The number of aliphatic imine (C=N–C) groups is 1. The number of hydrogen-bond donors (Lipinski definition) is 1. The Hall–Kier alpha value is -2.45. The van der Waals surface area contributed by atoms with Crippen LogP contribution in [0, 0.1) is 0 Å². The van der Waals surface area contributed by atoms with Gasteiger partial charge >= 0.3 is 0 Å². The van der Waals surface area contributed by atoms with Gasteiger partial charge in [-0.2, -0.15) is 0 Å². The number of anilines is 2. The van der Waals surface area contributed by atoms with Crippen molar-refractivity contribution >= 4 is 17.3 Å². The quantitative estimate of drug-likeness (QED) is 0.839. The van der Waals surface area contributed by atoms with Gasteiger partial charge in [0.05, 0.1) is 26.4 Å². The van der Waals surface area contributed by atoms with Crippen LogP contribution in [0.2, 0.25) is 0 Å². The molecule has 0 spiro atoms. The number of nitrogens with one attached hydrogen (secondary N) is 1. The van der Waals surface area contributed by atoms with E-state index in [4.69, 9.17) is 14.5 Å². The lowest BCUT2D eigenvalue weighted by Gasteiger charge is -2.43. The van der Waals surface area contributed by atoms with Gasteiger partial charge in [0.25, 0.3) is 0 Å². The lowest BCUT2D eigenvalue weighted by Crippen LogP contribution is -2.60. The summed E-state index contributed by atoms with van der Waals surface area (Å²) in [5.41, 5.74) is 2.19. The summed E-state index contributed by atoms with van der Waals surface area (Å²) in [5, 5.41) is 3.59. The molecule has 2 saturated heterocycles. The molecule has 2 aromatic carbocycles. The number of hydrogen-bond acceptors (Lipinski definition) is 7. The van der Waals surface area contributed by atoms with Crippen molar-refractivity contribution in [3.8, 4) is 0 Å². The highest BCUT2D eigenvalue weighted by Gasteiger charge is 2.44. The molecule has 2 atom stereocenters. The molecule has 2 fully saturated rings. The van der Waals surface area contributed by atoms with E-state index < -0.39 is 0 Å². The zero-order valence-corrected chi connectivity index (χ0v) is 17.2. The van der Waals surface area contributed by atoms with Gasteiger partial charge in [0.15, 0.2) is 0 Å². The first-order valence-corrected chi connectivity index (χ1v) is 10.8. The van der Waals surface area contributed by atoms with Crippen LogP contribution in [0.15, 0.2) is 65.7 Å². The number of morpholine rings is 2. The lowest BCUT2D eigenvalue weighted by molar-refractivity contribution is -0.0273. The standard InChI is InChI=1S/C23H29N5O2/c1-3-7-19(8-4-1)24-23-25-21(26-11-15-29-16-12-26)22(27-13-17-30-18-14-27)28(23)20-9-5-2-6-10-20/h1-10,21-22H,11-18H2,(H,24,25)/t21-,22+/m0/s1. The molecule has 3 aliphatic heterocycles. The molecule has 7 heteroatoms. The summed E-state index contributed by atoms with van der Waals surface area (Å²) in [7, 11) is 0. The number of rotatable bonds is 4. The van der Waals surface area contributed by atoms with Gasteiger partial charge in [0.2, 0.25) is 5.96 Å². The van der Waals surface area contributed by atoms with Crippen LogP contribution >= 0.6 is 0 Å². The highest BCUT2D eigenvalue weighted by molar-refractivity contribution is 6.07. The van der Waals surface area contributed by atoms with Gasteiger partial charge in [-0.25, -0.2) is 4.99 Å². The fraction of sp³-hybridized carbons (Fsp3) is 0.435. The molecular weight excluding hydrogens is 378 g/mol. The van der Waals surface area contributed by atoms with E-state index in [2.05, 4.69) is 62.5 Å². The predicted octanol–water partition coefficient (Wildman–Crippen LogP) is 2.29. The van der Waals surface area contributed by atoms with Crippen LogP contribution in [0.25, 0.3) is 0 Å². The van der Waals surface area contributed by atoms with Crippen molar-refractivity contribution in [3.63, 3.8) is 0 Å². The second-order valence-corrected chi connectivity index (χ2v) is 7.77. The fourth-order valence-electron chi connectivity index (χ4n) is 4.43. The number of guanidine groups is 1. The minimum absolute atomic E-state index is 0.0402. The van der Waals surface area contributed by atoms with Crippen molar-refractivity contribution in [2.24, 2.45) is 4.99 Å². The van der Waals surface area contributed by atoms with Gasteiger partial charge in [-0.3, -0.25) is 14.7 Å². The molecule has 3 aliphatic rings. The van der Waals surface area contributed by atoms with Crippen molar-refractivity contribution in [3.05, 3.63) is 60.7 Å². The van der Waals surface area contributed by atoms with Crippen LogP contribution in [-0.2, 0) is 9.47 Å². The van der Waals surface area contributed by atoms with Crippen LogP contribution in [0.4, 0.5) is 11.4 Å². The summed E-state index contributed by atoms with van der Waals surface area (Å²) >= 11 is 0. The average Bonchev–Trinajstić information content (AvgIpc) is 3.20. The van der Waals surface area contributed by atoms with E-state index in [9.17, 15) is 0 Å². The van der Waals surface area contributed by atoms with Crippen molar-refractivity contribution < 1.29 is 9.47 Å². The van der Waals surface area contributed by atoms with E-state index in [0.29, 0.717) is 0 Å². The Labute approximate surface area is 177 Å². The molecule has 0 radical (unpaired) electrons. The van der Waals surface area contributed by atoms with Gasteiger partial charge in [-0.1, -0.05) is 36.4 Å². The first-order chi connectivity index (χ1) is 14.9. The molecule has 0 unspecified atom stereocenters. The number of benzene rings is 2. The molecule has 0 aromatic heterocycles. The van der Waals surface area contributed by atoms with Gasteiger partial charge in [0, 0.05) is 37.6 Å². The SMILES string of the molecule is c1ccc(NC2=N[C@@H](N3CCOCC3)[C@H](N3CCOCC3)N2c2ccccc2)cc1. The maximum absolute atomic E-state index is 5.66. The van der Waals surface area contributed by atoms with Crippen molar-refractivity contribution in [2.75, 3.05) is 62.8 Å². The summed E-state index contributed by atoms with van der Waals surface area (Å²) in [4.78, 5) is 12.6. The van der Waals surface area contributed by atoms with Gasteiger partial charge in [-0.05, 0) is 24.3 Å². The number of ether oxygens (including phenoxy) is 2. The molecule has 0 bridgehead atoms. The predicted molar refractivity (Wildman–Crippen MR) is 119 cm³/mol. The van der Waals surface area contributed by atoms with Crippen LogP contribution in [-0.4, -0.2) is 80.7 Å². The third-order valence-corrected chi connectivity index (χ3v) is 5.92. The highest BCUT2D eigenvalue weighted by Crippen LogP contribution is 2.31. The fourth-order valence-corrected chi connectivity index (χ4v) is 4.43. The second kappa shape index (κ2) is 9.14. The normalized spacial score (nSPS) is 25.9. The molecule has 0 amide bonds. The van der Waals surface area contributed by atoms with Crippen molar-refractivity contribution in [1.29, 1.82) is 0 Å². The first kappa shape index (κ1) is 19.5. The maximum atomic E-state index is 5.66. The van der Waals surface area contributed by atoms with E-state index in [0.717, 1.165) is 69.9 Å². The Bertz CT molecular complexity index is 835. The molecule has 5 rings (SSSR count). The smallest absolute Gasteiger partial charge is 0.206 e. The number of nitrogens with zero attached hydrogens (tertiary/aromatic N) is 4. The van der Waals surface area contributed by atoms with Crippen LogP contribution in [0.3, 0.4) is 0 Å². The lowest BCUT2D eigenvalue weighted by atomic mass is 10.2. The third kappa shape index (κ3) is 4.06. The maximum Gasteiger partial charge on any atom is 0.206 e. The van der Waals surface area contributed by atoms with E-state index >= 15 is 0 Å². The summed E-state index contributed by atoms with van der Waals surface area (Å²) in [6, 6.07) is 20.9.